The fraction of sp³-hybridized carbons (Fsp3) is 0.538. The molecule has 0 fully saturated rings. The molecular formula is C13H15F6N. The molecule has 0 radical (unpaired) electrons. The minimum atomic E-state index is -4.83. The van der Waals surface area contributed by atoms with E-state index in [1.807, 2.05) is 0 Å². The van der Waals surface area contributed by atoms with Crippen LogP contribution in [-0.2, 0) is 12.4 Å². The van der Waals surface area contributed by atoms with Gasteiger partial charge in [-0.05, 0) is 30.7 Å². The molecule has 114 valence electrons. The summed E-state index contributed by atoms with van der Waals surface area (Å²) in [6.07, 6.45) is -9.63. The van der Waals surface area contributed by atoms with E-state index in [1.165, 1.54) is 7.05 Å². The van der Waals surface area contributed by atoms with E-state index in [0.29, 0.717) is 6.07 Å². The van der Waals surface area contributed by atoms with Crippen LogP contribution in [-0.4, -0.2) is 7.05 Å². The summed E-state index contributed by atoms with van der Waals surface area (Å²) in [6.45, 7) is 3.39. The van der Waals surface area contributed by atoms with Crippen molar-refractivity contribution in [3.05, 3.63) is 34.9 Å². The standard InChI is InChI=1S/C13H15F6N/c1-7(2)11(20-3)9-5-4-8(12(14,15)16)6-10(9)13(17,18)19/h4-7,11,20H,1-3H3. The van der Waals surface area contributed by atoms with E-state index in [4.69, 9.17) is 0 Å². The SMILES string of the molecule is CNC(c1ccc(C(F)(F)F)cc1C(F)(F)F)C(C)C. The van der Waals surface area contributed by atoms with Crippen molar-refractivity contribution < 1.29 is 26.3 Å². The van der Waals surface area contributed by atoms with Gasteiger partial charge in [0, 0.05) is 6.04 Å². The van der Waals surface area contributed by atoms with Gasteiger partial charge in [-0.1, -0.05) is 19.9 Å². The molecule has 0 aliphatic heterocycles. The lowest BCUT2D eigenvalue weighted by Gasteiger charge is -2.25. The highest BCUT2D eigenvalue weighted by atomic mass is 19.4. The first-order chi connectivity index (χ1) is 8.98. The van der Waals surface area contributed by atoms with Crippen LogP contribution in [0.25, 0.3) is 0 Å². The Morgan fingerprint density at radius 1 is 0.950 bits per heavy atom. The van der Waals surface area contributed by atoms with Crippen LogP contribution in [0.3, 0.4) is 0 Å². The van der Waals surface area contributed by atoms with Gasteiger partial charge in [-0.3, -0.25) is 0 Å². The van der Waals surface area contributed by atoms with Crippen LogP contribution in [0.2, 0.25) is 0 Å². The van der Waals surface area contributed by atoms with Crippen molar-refractivity contribution in [3.8, 4) is 0 Å². The first kappa shape index (κ1) is 16.8. The van der Waals surface area contributed by atoms with Gasteiger partial charge >= 0.3 is 12.4 Å². The Morgan fingerprint density at radius 2 is 1.50 bits per heavy atom. The third-order valence-corrected chi connectivity index (χ3v) is 3.00. The highest BCUT2D eigenvalue weighted by Gasteiger charge is 2.39. The molecule has 1 unspecified atom stereocenters. The van der Waals surface area contributed by atoms with E-state index in [-0.39, 0.29) is 17.5 Å². The highest BCUT2D eigenvalue weighted by Crippen LogP contribution is 2.40. The maximum Gasteiger partial charge on any atom is 0.416 e. The van der Waals surface area contributed by atoms with E-state index in [0.717, 1.165) is 6.07 Å². The van der Waals surface area contributed by atoms with Crippen molar-refractivity contribution >= 4 is 0 Å². The summed E-state index contributed by atoms with van der Waals surface area (Å²) in [4.78, 5) is 0. The lowest BCUT2D eigenvalue weighted by Crippen LogP contribution is -2.25. The number of nitrogens with one attached hydrogen (secondary N) is 1. The van der Waals surface area contributed by atoms with Gasteiger partial charge < -0.3 is 5.32 Å². The van der Waals surface area contributed by atoms with Gasteiger partial charge in [0.15, 0.2) is 0 Å². The minimum Gasteiger partial charge on any atom is -0.313 e. The fourth-order valence-electron chi connectivity index (χ4n) is 2.10. The topological polar surface area (TPSA) is 12.0 Å². The molecule has 7 heteroatoms. The Labute approximate surface area is 113 Å². The Balaban J connectivity index is 3.46. The summed E-state index contributed by atoms with van der Waals surface area (Å²) in [5.74, 6) is -0.196. The van der Waals surface area contributed by atoms with E-state index in [1.54, 1.807) is 13.8 Å². The van der Waals surface area contributed by atoms with Gasteiger partial charge in [-0.2, -0.15) is 26.3 Å². The van der Waals surface area contributed by atoms with E-state index < -0.39 is 29.5 Å². The van der Waals surface area contributed by atoms with Crippen molar-refractivity contribution in [2.75, 3.05) is 7.05 Å². The van der Waals surface area contributed by atoms with Crippen molar-refractivity contribution in [3.63, 3.8) is 0 Å². The molecule has 0 aliphatic rings. The number of hydrogen-bond donors (Lipinski definition) is 1. The zero-order valence-electron chi connectivity index (χ0n) is 11.2. The summed E-state index contributed by atoms with van der Waals surface area (Å²) in [5, 5.41) is 2.71. The van der Waals surface area contributed by atoms with E-state index >= 15 is 0 Å². The molecule has 1 aromatic rings. The zero-order valence-corrected chi connectivity index (χ0v) is 11.2. The molecule has 0 aromatic heterocycles. The van der Waals surface area contributed by atoms with E-state index in [2.05, 4.69) is 5.32 Å². The quantitative estimate of drug-likeness (QED) is 0.802. The minimum absolute atomic E-state index is 0.169. The van der Waals surface area contributed by atoms with Gasteiger partial charge in [-0.25, -0.2) is 0 Å². The van der Waals surface area contributed by atoms with Crippen LogP contribution in [0.1, 0.15) is 36.6 Å². The lowest BCUT2D eigenvalue weighted by atomic mass is 9.90. The van der Waals surface area contributed by atoms with Crippen LogP contribution in [0.4, 0.5) is 26.3 Å². The fourth-order valence-corrected chi connectivity index (χ4v) is 2.10. The molecule has 0 saturated heterocycles. The van der Waals surface area contributed by atoms with Crippen molar-refractivity contribution in [1.29, 1.82) is 0 Å². The summed E-state index contributed by atoms with van der Waals surface area (Å²) < 4.78 is 76.6. The Morgan fingerprint density at radius 3 is 1.85 bits per heavy atom. The largest absolute Gasteiger partial charge is 0.416 e. The number of rotatable bonds is 3. The molecule has 1 aromatic carbocycles. The monoisotopic (exact) mass is 299 g/mol. The summed E-state index contributed by atoms with van der Waals surface area (Å²) in [5.41, 5.74) is -2.73. The second-order valence-corrected chi connectivity index (χ2v) is 4.81. The lowest BCUT2D eigenvalue weighted by molar-refractivity contribution is -0.143. The molecule has 1 atom stereocenters. The molecule has 0 heterocycles. The molecule has 0 bridgehead atoms. The predicted molar refractivity (Wildman–Crippen MR) is 63.1 cm³/mol. The molecule has 1 N–H and O–H groups in total. The first-order valence-electron chi connectivity index (χ1n) is 5.94. The number of hydrogen-bond acceptors (Lipinski definition) is 1. The molecule has 0 aliphatic carbocycles. The van der Waals surface area contributed by atoms with Crippen molar-refractivity contribution in [1.82, 2.24) is 5.32 Å². The van der Waals surface area contributed by atoms with Crippen molar-refractivity contribution in [2.24, 2.45) is 5.92 Å². The highest BCUT2D eigenvalue weighted by molar-refractivity contribution is 5.37. The molecule has 0 amide bonds. The maximum absolute atomic E-state index is 13.0. The second kappa shape index (κ2) is 5.63. The van der Waals surface area contributed by atoms with E-state index in [9.17, 15) is 26.3 Å². The average molecular weight is 299 g/mol. The molecular weight excluding hydrogens is 284 g/mol. The number of alkyl halides is 6. The Bertz CT molecular complexity index is 461. The molecule has 0 saturated carbocycles. The molecule has 1 nitrogen and oxygen atoms in total. The molecule has 1 rings (SSSR count). The van der Waals surface area contributed by atoms with Crippen LogP contribution in [0, 0.1) is 5.92 Å². The van der Waals surface area contributed by atoms with Crippen molar-refractivity contribution in [2.45, 2.75) is 32.2 Å². The van der Waals surface area contributed by atoms with Gasteiger partial charge in [0.2, 0.25) is 0 Å². The van der Waals surface area contributed by atoms with Gasteiger partial charge in [0.05, 0.1) is 11.1 Å². The first-order valence-corrected chi connectivity index (χ1v) is 5.94. The summed E-state index contributed by atoms with van der Waals surface area (Å²) in [7, 11) is 1.47. The zero-order chi connectivity index (χ0) is 15.7. The second-order valence-electron chi connectivity index (χ2n) is 4.81. The average Bonchev–Trinajstić information content (AvgIpc) is 2.26. The summed E-state index contributed by atoms with van der Waals surface area (Å²) >= 11 is 0. The molecule has 20 heavy (non-hydrogen) atoms. The van der Waals surface area contributed by atoms with Crippen LogP contribution in [0.15, 0.2) is 18.2 Å². The van der Waals surface area contributed by atoms with Gasteiger partial charge in [-0.15, -0.1) is 0 Å². The third kappa shape index (κ3) is 3.65. The maximum atomic E-state index is 13.0. The predicted octanol–water partition coefficient (Wildman–Crippen LogP) is 4.64. The number of benzene rings is 1. The van der Waals surface area contributed by atoms with Gasteiger partial charge in [0.1, 0.15) is 0 Å². The summed E-state index contributed by atoms with van der Waals surface area (Å²) in [6, 6.07) is 1.07. The third-order valence-electron chi connectivity index (χ3n) is 3.00. The van der Waals surface area contributed by atoms with Crippen LogP contribution >= 0.6 is 0 Å². The normalized spacial score (nSPS) is 14.7. The van der Waals surface area contributed by atoms with Crippen LogP contribution < -0.4 is 5.32 Å². The molecule has 0 spiro atoms. The van der Waals surface area contributed by atoms with Crippen LogP contribution in [0.5, 0.6) is 0 Å². The Kier molecular flexibility index (Phi) is 4.74. The number of halogens is 6. The Hall–Kier alpha value is -1.24. The smallest absolute Gasteiger partial charge is 0.313 e. The van der Waals surface area contributed by atoms with Gasteiger partial charge in [0.25, 0.3) is 0 Å².